The Morgan fingerprint density at radius 2 is 2.00 bits per heavy atom. The quantitative estimate of drug-likeness (QED) is 0.653. The summed E-state index contributed by atoms with van der Waals surface area (Å²) in [6.45, 7) is 1.27. The van der Waals surface area contributed by atoms with Crippen LogP contribution in [0.2, 0.25) is 0 Å². The summed E-state index contributed by atoms with van der Waals surface area (Å²) in [5.41, 5.74) is 0.647. The second-order valence-electron chi connectivity index (χ2n) is 6.37. The van der Waals surface area contributed by atoms with E-state index in [9.17, 15) is 9.18 Å². The van der Waals surface area contributed by atoms with Gasteiger partial charge in [0.05, 0.1) is 11.8 Å². The van der Waals surface area contributed by atoms with Gasteiger partial charge in [0, 0.05) is 23.7 Å². The van der Waals surface area contributed by atoms with Gasteiger partial charge >= 0.3 is 0 Å². The lowest BCUT2D eigenvalue weighted by molar-refractivity contribution is -0.115. The van der Waals surface area contributed by atoms with Gasteiger partial charge in [0.15, 0.2) is 0 Å². The first kappa shape index (κ1) is 19.7. The normalized spacial score (nSPS) is 16.7. The number of ether oxygens (including phenoxy) is 2. The number of carbonyl (C=O) groups is 1. The minimum Gasteiger partial charge on any atom is -0.489 e. The SMILES string of the molecule is O=C(CCSc1ccccc1F)Nc1ccccc1OCC1CCCCO1. The van der Waals surface area contributed by atoms with E-state index in [1.807, 2.05) is 24.3 Å². The Bertz CT molecular complexity index is 750. The van der Waals surface area contributed by atoms with Gasteiger partial charge in [-0.05, 0) is 43.5 Å². The molecule has 0 aromatic heterocycles. The third-order valence-corrected chi connectivity index (χ3v) is 5.33. The number of hydrogen-bond acceptors (Lipinski definition) is 4. The summed E-state index contributed by atoms with van der Waals surface area (Å²) in [7, 11) is 0. The van der Waals surface area contributed by atoms with Crippen molar-refractivity contribution in [1.29, 1.82) is 0 Å². The molecular formula is C21H24FNO3S. The molecule has 144 valence electrons. The van der Waals surface area contributed by atoms with Crippen molar-refractivity contribution in [2.45, 2.75) is 36.7 Å². The predicted molar refractivity (Wildman–Crippen MR) is 106 cm³/mol. The lowest BCUT2D eigenvalue weighted by Crippen LogP contribution is -2.26. The van der Waals surface area contributed by atoms with Crippen molar-refractivity contribution in [2.75, 3.05) is 24.3 Å². The molecule has 3 rings (SSSR count). The highest BCUT2D eigenvalue weighted by atomic mass is 32.2. The molecule has 27 heavy (non-hydrogen) atoms. The van der Waals surface area contributed by atoms with Gasteiger partial charge < -0.3 is 14.8 Å². The van der Waals surface area contributed by atoms with Crippen molar-refractivity contribution in [3.8, 4) is 5.75 Å². The van der Waals surface area contributed by atoms with Crippen LogP contribution in [0.5, 0.6) is 5.75 Å². The summed E-state index contributed by atoms with van der Waals surface area (Å²) in [5.74, 6) is 0.767. The van der Waals surface area contributed by atoms with E-state index in [1.54, 1.807) is 18.2 Å². The number of benzene rings is 2. The molecule has 1 amide bonds. The van der Waals surface area contributed by atoms with E-state index in [-0.39, 0.29) is 17.8 Å². The molecule has 0 aliphatic carbocycles. The van der Waals surface area contributed by atoms with Gasteiger partial charge in [0.1, 0.15) is 18.2 Å². The summed E-state index contributed by atoms with van der Waals surface area (Å²) in [5, 5.41) is 2.89. The maximum absolute atomic E-state index is 13.6. The molecule has 1 aliphatic heterocycles. The van der Waals surface area contributed by atoms with E-state index in [0.29, 0.717) is 35.1 Å². The van der Waals surface area contributed by atoms with Crippen LogP contribution in [0.15, 0.2) is 53.4 Å². The molecule has 0 saturated carbocycles. The standard InChI is InChI=1S/C21H24FNO3S/c22-17-8-1-4-11-20(17)27-14-12-21(24)23-18-9-2-3-10-19(18)26-15-16-7-5-6-13-25-16/h1-4,8-11,16H,5-7,12-15H2,(H,23,24). The third kappa shape index (κ3) is 6.26. The number of para-hydroxylation sites is 2. The van der Waals surface area contributed by atoms with Crippen molar-refractivity contribution < 1.29 is 18.7 Å². The largest absolute Gasteiger partial charge is 0.489 e. The molecule has 1 aliphatic rings. The Morgan fingerprint density at radius 1 is 1.19 bits per heavy atom. The maximum atomic E-state index is 13.6. The van der Waals surface area contributed by atoms with Crippen LogP contribution in [-0.4, -0.2) is 31.0 Å². The first-order valence-electron chi connectivity index (χ1n) is 9.23. The van der Waals surface area contributed by atoms with Crippen molar-refractivity contribution in [3.05, 3.63) is 54.3 Å². The van der Waals surface area contributed by atoms with Crippen LogP contribution < -0.4 is 10.1 Å². The fourth-order valence-corrected chi connectivity index (χ4v) is 3.73. The number of amides is 1. The highest BCUT2D eigenvalue weighted by Crippen LogP contribution is 2.26. The molecule has 0 radical (unpaired) electrons. The summed E-state index contributed by atoms with van der Waals surface area (Å²) >= 11 is 1.34. The molecule has 1 fully saturated rings. The van der Waals surface area contributed by atoms with Crippen LogP contribution in [0.3, 0.4) is 0 Å². The zero-order chi connectivity index (χ0) is 18.9. The minimum absolute atomic E-state index is 0.111. The van der Waals surface area contributed by atoms with Gasteiger partial charge in [-0.2, -0.15) is 0 Å². The number of rotatable bonds is 8. The summed E-state index contributed by atoms with van der Waals surface area (Å²) < 4.78 is 25.2. The van der Waals surface area contributed by atoms with Crippen LogP contribution in [0.1, 0.15) is 25.7 Å². The lowest BCUT2D eigenvalue weighted by atomic mass is 10.1. The molecule has 1 heterocycles. The van der Waals surface area contributed by atoms with Crippen LogP contribution in [0, 0.1) is 5.82 Å². The topological polar surface area (TPSA) is 47.6 Å². The van der Waals surface area contributed by atoms with Crippen LogP contribution in [0.4, 0.5) is 10.1 Å². The first-order chi connectivity index (χ1) is 13.2. The van der Waals surface area contributed by atoms with E-state index < -0.39 is 0 Å². The highest BCUT2D eigenvalue weighted by Gasteiger charge is 2.16. The zero-order valence-corrected chi connectivity index (χ0v) is 16.0. The number of halogens is 1. The average Bonchev–Trinajstić information content (AvgIpc) is 2.69. The molecule has 4 nitrogen and oxygen atoms in total. The minimum atomic E-state index is -0.258. The molecule has 6 heteroatoms. The van der Waals surface area contributed by atoms with E-state index >= 15 is 0 Å². The highest BCUT2D eigenvalue weighted by molar-refractivity contribution is 7.99. The second-order valence-corrected chi connectivity index (χ2v) is 7.51. The Morgan fingerprint density at radius 3 is 2.81 bits per heavy atom. The summed E-state index contributed by atoms with van der Waals surface area (Å²) in [6, 6.07) is 14.0. The number of nitrogens with one attached hydrogen (secondary N) is 1. The number of hydrogen-bond donors (Lipinski definition) is 1. The number of thioether (sulfide) groups is 1. The molecule has 2 aromatic rings. The van der Waals surface area contributed by atoms with Gasteiger partial charge in [-0.15, -0.1) is 11.8 Å². The predicted octanol–water partition coefficient (Wildman–Crippen LogP) is 4.89. The fraction of sp³-hybridized carbons (Fsp3) is 0.381. The molecule has 1 N–H and O–H groups in total. The van der Waals surface area contributed by atoms with Gasteiger partial charge in [-0.3, -0.25) is 4.79 Å². The molecule has 1 saturated heterocycles. The third-order valence-electron chi connectivity index (χ3n) is 4.28. The monoisotopic (exact) mass is 389 g/mol. The molecule has 2 aromatic carbocycles. The van der Waals surface area contributed by atoms with Gasteiger partial charge in [0.25, 0.3) is 0 Å². The number of anilines is 1. The summed E-state index contributed by atoms with van der Waals surface area (Å²) in [6.07, 6.45) is 3.67. The Balaban J connectivity index is 1.47. The maximum Gasteiger partial charge on any atom is 0.225 e. The van der Waals surface area contributed by atoms with E-state index in [0.717, 1.165) is 25.9 Å². The second kappa shape index (κ2) is 10.3. The van der Waals surface area contributed by atoms with Crippen molar-refractivity contribution in [3.63, 3.8) is 0 Å². The Labute approximate surface area is 163 Å². The molecule has 0 spiro atoms. The fourth-order valence-electron chi connectivity index (χ4n) is 2.85. The molecule has 0 bridgehead atoms. The Hall–Kier alpha value is -2.05. The van der Waals surface area contributed by atoms with Crippen LogP contribution >= 0.6 is 11.8 Å². The molecule has 1 atom stereocenters. The lowest BCUT2D eigenvalue weighted by Gasteiger charge is -2.23. The first-order valence-corrected chi connectivity index (χ1v) is 10.2. The van der Waals surface area contributed by atoms with E-state index in [2.05, 4.69) is 5.32 Å². The zero-order valence-electron chi connectivity index (χ0n) is 15.2. The van der Waals surface area contributed by atoms with Gasteiger partial charge in [-0.1, -0.05) is 24.3 Å². The van der Waals surface area contributed by atoms with Gasteiger partial charge in [0.2, 0.25) is 5.91 Å². The Kier molecular flexibility index (Phi) is 7.54. The smallest absolute Gasteiger partial charge is 0.225 e. The van der Waals surface area contributed by atoms with E-state index in [4.69, 9.17) is 9.47 Å². The van der Waals surface area contributed by atoms with Gasteiger partial charge in [-0.25, -0.2) is 4.39 Å². The molecule has 1 unspecified atom stereocenters. The summed E-state index contributed by atoms with van der Waals surface area (Å²) in [4.78, 5) is 12.8. The van der Waals surface area contributed by atoms with Crippen molar-refractivity contribution in [1.82, 2.24) is 0 Å². The van der Waals surface area contributed by atoms with Crippen molar-refractivity contribution >= 4 is 23.4 Å². The number of carbonyl (C=O) groups excluding carboxylic acids is 1. The van der Waals surface area contributed by atoms with Crippen LogP contribution in [-0.2, 0) is 9.53 Å². The van der Waals surface area contributed by atoms with Crippen LogP contribution in [0.25, 0.3) is 0 Å². The van der Waals surface area contributed by atoms with Crippen molar-refractivity contribution in [2.24, 2.45) is 0 Å². The average molecular weight is 389 g/mol. The molecular weight excluding hydrogens is 365 g/mol. The van der Waals surface area contributed by atoms with E-state index in [1.165, 1.54) is 17.8 Å².